The summed E-state index contributed by atoms with van der Waals surface area (Å²) >= 11 is 0. The Bertz CT molecular complexity index is 131. The van der Waals surface area contributed by atoms with E-state index in [1.54, 1.807) is 0 Å². The van der Waals surface area contributed by atoms with Gasteiger partial charge < -0.3 is 4.90 Å². The summed E-state index contributed by atoms with van der Waals surface area (Å²) < 4.78 is 0. The third-order valence-corrected chi connectivity index (χ3v) is 3.43. The van der Waals surface area contributed by atoms with Crippen LogP contribution in [0, 0.1) is 11.8 Å². The molecule has 1 heterocycles. The second kappa shape index (κ2) is 4.27. The fraction of sp³-hybridized carbons (Fsp3) is 1.00. The maximum atomic E-state index is 2.55. The smallest absolute Gasteiger partial charge is 0.00898 e. The lowest BCUT2D eigenvalue weighted by atomic mass is 9.85. The van der Waals surface area contributed by atoms with Gasteiger partial charge in [0.1, 0.15) is 0 Å². The lowest BCUT2D eigenvalue weighted by Gasteiger charge is -2.38. The molecule has 1 heteroatoms. The fourth-order valence-corrected chi connectivity index (χ4v) is 2.30. The van der Waals surface area contributed by atoms with E-state index < -0.39 is 0 Å². The molecular formula is C11H23N. The minimum absolute atomic E-state index is 0.861. The Balaban J connectivity index is 2.40. The van der Waals surface area contributed by atoms with E-state index in [-0.39, 0.29) is 0 Å². The van der Waals surface area contributed by atoms with Gasteiger partial charge in [-0.1, -0.05) is 20.8 Å². The number of rotatable bonds is 2. The lowest BCUT2D eigenvalue weighted by molar-refractivity contribution is 0.111. The first-order valence-electron chi connectivity index (χ1n) is 5.35. The standard InChI is InChI=1S/C11H23N/c1-5-11-7-6-10(9(2)3)8-12(11)4/h9-11H,5-8H2,1-4H3. The third kappa shape index (κ3) is 2.22. The van der Waals surface area contributed by atoms with Crippen molar-refractivity contribution in [2.45, 2.75) is 46.1 Å². The first-order chi connectivity index (χ1) is 5.65. The number of hydrogen-bond donors (Lipinski definition) is 0. The molecule has 2 atom stereocenters. The van der Waals surface area contributed by atoms with E-state index in [0.29, 0.717) is 0 Å². The average Bonchev–Trinajstić information content (AvgIpc) is 2.04. The number of likely N-dealkylation sites (tertiary alicyclic amines) is 1. The van der Waals surface area contributed by atoms with E-state index in [2.05, 4.69) is 32.7 Å². The Morgan fingerprint density at radius 3 is 2.42 bits per heavy atom. The molecule has 12 heavy (non-hydrogen) atoms. The molecule has 72 valence electrons. The summed E-state index contributed by atoms with van der Waals surface area (Å²) in [6, 6.07) is 0.861. The van der Waals surface area contributed by atoms with Gasteiger partial charge in [-0.3, -0.25) is 0 Å². The molecule has 0 saturated carbocycles. The Kier molecular flexibility index (Phi) is 3.57. The highest BCUT2D eigenvalue weighted by atomic mass is 15.1. The van der Waals surface area contributed by atoms with Crippen LogP contribution >= 0.6 is 0 Å². The molecule has 0 radical (unpaired) electrons. The molecule has 0 N–H and O–H groups in total. The molecule has 0 spiro atoms. The molecule has 0 bridgehead atoms. The van der Waals surface area contributed by atoms with Crippen molar-refractivity contribution in [2.24, 2.45) is 11.8 Å². The van der Waals surface area contributed by atoms with Gasteiger partial charge in [-0.15, -0.1) is 0 Å². The van der Waals surface area contributed by atoms with Crippen molar-refractivity contribution in [1.29, 1.82) is 0 Å². The van der Waals surface area contributed by atoms with Crippen LogP contribution in [0.5, 0.6) is 0 Å². The zero-order valence-corrected chi connectivity index (χ0v) is 9.01. The van der Waals surface area contributed by atoms with Gasteiger partial charge in [-0.25, -0.2) is 0 Å². The van der Waals surface area contributed by atoms with Gasteiger partial charge in [0.2, 0.25) is 0 Å². The number of nitrogens with zero attached hydrogens (tertiary/aromatic N) is 1. The molecule has 1 nitrogen and oxygen atoms in total. The lowest BCUT2D eigenvalue weighted by Crippen LogP contribution is -2.41. The molecule has 0 aliphatic carbocycles. The zero-order chi connectivity index (χ0) is 9.14. The molecule has 0 aromatic heterocycles. The van der Waals surface area contributed by atoms with Crippen molar-refractivity contribution in [3.63, 3.8) is 0 Å². The quantitative estimate of drug-likeness (QED) is 0.614. The molecule has 1 aliphatic heterocycles. The highest BCUT2D eigenvalue weighted by Crippen LogP contribution is 2.27. The molecule has 0 aromatic rings. The van der Waals surface area contributed by atoms with Crippen molar-refractivity contribution in [3.05, 3.63) is 0 Å². The topological polar surface area (TPSA) is 3.24 Å². The van der Waals surface area contributed by atoms with Crippen LogP contribution in [0.25, 0.3) is 0 Å². The SMILES string of the molecule is CCC1CCC(C(C)C)CN1C. The van der Waals surface area contributed by atoms with E-state index in [1.165, 1.54) is 25.8 Å². The Morgan fingerprint density at radius 1 is 1.33 bits per heavy atom. The second-order valence-corrected chi connectivity index (χ2v) is 4.58. The Morgan fingerprint density at radius 2 is 2.00 bits per heavy atom. The summed E-state index contributed by atoms with van der Waals surface area (Å²) in [4.78, 5) is 2.55. The zero-order valence-electron chi connectivity index (χ0n) is 9.01. The fourth-order valence-electron chi connectivity index (χ4n) is 2.30. The average molecular weight is 169 g/mol. The van der Waals surface area contributed by atoms with Gasteiger partial charge in [-0.05, 0) is 38.1 Å². The first-order valence-corrected chi connectivity index (χ1v) is 5.35. The summed E-state index contributed by atoms with van der Waals surface area (Å²) in [5.41, 5.74) is 0. The largest absolute Gasteiger partial charge is 0.303 e. The van der Waals surface area contributed by atoms with Crippen LogP contribution in [-0.4, -0.2) is 24.5 Å². The molecule has 2 unspecified atom stereocenters. The highest BCUT2D eigenvalue weighted by Gasteiger charge is 2.25. The number of hydrogen-bond acceptors (Lipinski definition) is 1. The van der Waals surface area contributed by atoms with Crippen LogP contribution < -0.4 is 0 Å². The number of piperidine rings is 1. The highest BCUT2D eigenvalue weighted by molar-refractivity contribution is 4.79. The molecule has 1 aliphatic rings. The van der Waals surface area contributed by atoms with Crippen LogP contribution in [0.3, 0.4) is 0 Å². The van der Waals surface area contributed by atoms with Crippen molar-refractivity contribution in [1.82, 2.24) is 4.90 Å². The molecular weight excluding hydrogens is 146 g/mol. The van der Waals surface area contributed by atoms with E-state index in [1.807, 2.05) is 0 Å². The second-order valence-electron chi connectivity index (χ2n) is 4.58. The Labute approximate surface area is 77.1 Å². The van der Waals surface area contributed by atoms with Crippen molar-refractivity contribution in [3.8, 4) is 0 Å². The van der Waals surface area contributed by atoms with Crippen molar-refractivity contribution >= 4 is 0 Å². The predicted octanol–water partition coefficient (Wildman–Crippen LogP) is 2.76. The minimum Gasteiger partial charge on any atom is -0.303 e. The van der Waals surface area contributed by atoms with Crippen LogP contribution in [0.1, 0.15) is 40.0 Å². The molecule has 0 amide bonds. The van der Waals surface area contributed by atoms with Crippen LogP contribution in [0.15, 0.2) is 0 Å². The van der Waals surface area contributed by atoms with E-state index in [4.69, 9.17) is 0 Å². The van der Waals surface area contributed by atoms with Gasteiger partial charge in [0.25, 0.3) is 0 Å². The summed E-state index contributed by atoms with van der Waals surface area (Å²) in [6.07, 6.45) is 4.18. The first kappa shape index (κ1) is 10.0. The molecule has 1 rings (SSSR count). The summed E-state index contributed by atoms with van der Waals surface area (Å²) in [6.45, 7) is 8.32. The van der Waals surface area contributed by atoms with Crippen LogP contribution in [0.2, 0.25) is 0 Å². The third-order valence-electron chi connectivity index (χ3n) is 3.43. The predicted molar refractivity (Wildman–Crippen MR) is 54.3 cm³/mol. The van der Waals surface area contributed by atoms with Gasteiger partial charge in [-0.2, -0.15) is 0 Å². The van der Waals surface area contributed by atoms with Crippen molar-refractivity contribution in [2.75, 3.05) is 13.6 Å². The molecule has 1 saturated heterocycles. The van der Waals surface area contributed by atoms with E-state index in [0.717, 1.165) is 17.9 Å². The summed E-state index contributed by atoms with van der Waals surface area (Å²) in [7, 11) is 2.28. The maximum Gasteiger partial charge on any atom is 0.00898 e. The normalized spacial score (nSPS) is 32.8. The van der Waals surface area contributed by atoms with Gasteiger partial charge >= 0.3 is 0 Å². The van der Waals surface area contributed by atoms with Gasteiger partial charge in [0.15, 0.2) is 0 Å². The van der Waals surface area contributed by atoms with Crippen molar-refractivity contribution < 1.29 is 0 Å². The summed E-state index contributed by atoms with van der Waals surface area (Å²) in [5, 5.41) is 0. The molecule has 1 fully saturated rings. The Hall–Kier alpha value is -0.0400. The van der Waals surface area contributed by atoms with Gasteiger partial charge in [0.05, 0.1) is 0 Å². The van der Waals surface area contributed by atoms with Crippen LogP contribution in [0.4, 0.5) is 0 Å². The van der Waals surface area contributed by atoms with E-state index in [9.17, 15) is 0 Å². The van der Waals surface area contributed by atoms with Crippen LogP contribution in [-0.2, 0) is 0 Å². The molecule has 0 aromatic carbocycles. The minimum atomic E-state index is 0.861. The van der Waals surface area contributed by atoms with Gasteiger partial charge in [0, 0.05) is 12.6 Å². The monoisotopic (exact) mass is 169 g/mol. The maximum absolute atomic E-state index is 2.55. The van der Waals surface area contributed by atoms with E-state index >= 15 is 0 Å². The summed E-state index contributed by atoms with van der Waals surface area (Å²) in [5.74, 6) is 1.81.